The molecule has 3 heteroatoms. The lowest BCUT2D eigenvalue weighted by Gasteiger charge is -2.49. The first-order valence-corrected chi connectivity index (χ1v) is 53.9. The molecule has 23 aliphatic rings. The third-order valence-corrected chi connectivity index (χ3v) is 32.4. The minimum atomic E-state index is 0.299. The Morgan fingerprint density at radius 3 is 1.09 bits per heavy atom. The molecule has 16 saturated carbocycles. The highest BCUT2D eigenvalue weighted by Crippen LogP contribution is 2.54. The number of pyridine rings is 1. The number of ketones is 1. The lowest BCUT2D eigenvalue weighted by Crippen LogP contribution is -2.42. The molecule has 5 aromatic rings. The lowest BCUT2D eigenvalue weighted by atomic mass is 9.56. The van der Waals surface area contributed by atoms with E-state index in [0.29, 0.717) is 24.0 Å². The Labute approximate surface area is 748 Å². The largest absolute Gasteiger partial charge is 0.314 e. The number of hydrogen-bond donors (Lipinski definition) is 1. The van der Waals surface area contributed by atoms with Crippen LogP contribution in [-0.4, -0.2) is 23.4 Å². The molecule has 3 unspecified atom stereocenters. The van der Waals surface area contributed by atoms with Gasteiger partial charge in [-0.2, -0.15) is 0 Å². The molecule has 1 aromatic heterocycles. The molecule has 1 saturated heterocycles. The molecular weight excluding hydrogens is 1460 g/mol. The van der Waals surface area contributed by atoms with Gasteiger partial charge >= 0.3 is 0 Å². The van der Waals surface area contributed by atoms with Crippen LogP contribution in [0.2, 0.25) is 0 Å². The zero-order valence-corrected chi connectivity index (χ0v) is 81.0. The Hall–Kier alpha value is -4.60. The molecule has 28 rings (SSSR count). The molecule has 12 bridgehead atoms. The number of aromatic nitrogens is 1. The second kappa shape index (κ2) is 58.0. The van der Waals surface area contributed by atoms with Crippen molar-refractivity contribution in [2.24, 2.45) is 88.8 Å². The van der Waals surface area contributed by atoms with Gasteiger partial charge in [-0.05, 0) is 306 Å². The molecule has 22 aliphatic carbocycles. The van der Waals surface area contributed by atoms with Gasteiger partial charge < -0.3 is 5.32 Å². The van der Waals surface area contributed by atoms with Crippen LogP contribution in [0.15, 0.2) is 128 Å². The first kappa shape index (κ1) is 100. The summed E-state index contributed by atoms with van der Waals surface area (Å²) < 4.78 is 0. The van der Waals surface area contributed by atoms with Crippen LogP contribution in [0.4, 0.5) is 0 Å². The number of piperidine rings is 1. The third kappa shape index (κ3) is 32.9. The van der Waals surface area contributed by atoms with E-state index in [1.165, 1.54) is 279 Å². The van der Waals surface area contributed by atoms with E-state index in [4.69, 9.17) is 0 Å². The highest BCUT2D eigenvalue weighted by atomic mass is 16.1. The number of allylic oxidation sites excluding steroid dienone is 2. The van der Waals surface area contributed by atoms with Gasteiger partial charge in [-0.1, -0.05) is 391 Å². The molecule has 676 valence electrons. The first-order valence-electron chi connectivity index (χ1n) is 53.9. The Morgan fingerprint density at radius 2 is 0.661 bits per heavy atom. The highest BCUT2D eigenvalue weighted by molar-refractivity contribution is 6.01. The molecule has 3 nitrogen and oxygen atoms in total. The summed E-state index contributed by atoms with van der Waals surface area (Å²) in [4.78, 5) is 15.6. The van der Waals surface area contributed by atoms with Crippen molar-refractivity contribution in [3.63, 3.8) is 0 Å². The normalized spacial score (nSPS) is 30.6. The van der Waals surface area contributed by atoms with Crippen molar-refractivity contribution in [2.75, 3.05) is 6.54 Å². The summed E-state index contributed by atoms with van der Waals surface area (Å²) in [7, 11) is 0. The van der Waals surface area contributed by atoms with Crippen molar-refractivity contribution < 1.29 is 4.79 Å². The number of rotatable bonds is 0. The number of nitrogens with zero attached hydrogens (tertiary/aromatic N) is 1. The van der Waals surface area contributed by atoms with E-state index in [-0.39, 0.29) is 0 Å². The molecule has 1 aliphatic heterocycles. The van der Waals surface area contributed by atoms with Crippen LogP contribution < -0.4 is 5.32 Å². The fourth-order valence-corrected chi connectivity index (χ4v) is 26.3. The number of aryl methyl sites for hydroxylation is 4. The van der Waals surface area contributed by atoms with Gasteiger partial charge in [-0.3, -0.25) is 9.78 Å². The van der Waals surface area contributed by atoms with E-state index < -0.39 is 0 Å². The maximum Gasteiger partial charge on any atom is 0.163 e. The zero-order chi connectivity index (χ0) is 85.6. The number of nitrogens with one attached hydrogen (secondary N) is 1. The summed E-state index contributed by atoms with van der Waals surface area (Å²) in [5.74, 6) is 18.3. The Bertz CT molecular complexity index is 3190. The smallest absolute Gasteiger partial charge is 0.163 e. The molecule has 1 N–H and O–H groups in total. The molecular formula is C118H188N2O. The average molecular weight is 1650 g/mol. The van der Waals surface area contributed by atoms with E-state index in [2.05, 4.69) is 115 Å². The third-order valence-electron chi connectivity index (χ3n) is 32.4. The van der Waals surface area contributed by atoms with Crippen molar-refractivity contribution in [3.05, 3.63) is 172 Å². The summed E-state index contributed by atoms with van der Waals surface area (Å²) in [6, 6.07) is 39.2. The fourth-order valence-electron chi connectivity index (χ4n) is 26.3. The molecule has 0 radical (unpaired) electrons. The first-order chi connectivity index (χ1) is 59.7. The van der Waals surface area contributed by atoms with Gasteiger partial charge in [0.2, 0.25) is 0 Å². The van der Waals surface area contributed by atoms with Gasteiger partial charge in [0.25, 0.3) is 0 Å². The van der Waals surface area contributed by atoms with Gasteiger partial charge in [-0.15, -0.1) is 0 Å². The van der Waals surface area contributed by atoms with Crippen molar-refractivity contribution in [1.82, 2.24) is 10.3 Å². The summed E-state index contributed by atoms with van der Waals surface area (Å²) in [6.45, 7) is 25.7. The second-order valence-electron chi connectivity index (χ2n) is 40.5. The number of carbonyl (C=O) groups excluding carboxylic acids is 1. The molecule has 4 aromatic carbocycles. The van der Waals surface area contributed by atoms with Gasteiger partial charge in [0.05, 0.1) is 0 Å². The number of benzene rings is 4. The standard InChI is InChI=1S/C14H12.C11H20.C11H18.C10H10O.C10H16.C10H18.C10H12.C9H17N.C9H11N.2C7H12.5C2H6/c1-10-11-6-2-4-8-13(11)14-9-5-3-7-12(10)14;2*1-4-10-6-2-7-11(5-1)9-3-8-10;1-7-6-10(11)9-5-3-2-4-8(7)9;1-7-2-9-4-8(1)5-10(3-7)6-9;2*1-2-6-10-8-4-3-7-9(10)5-1;2*1-2-6-9-8(4-1)5-3-7-10-9;1-2-7-4-3-6(1)5-7;1-2-6-4-7(3-1)5-6;5*1-2/h2-10H,1H3;10-11H,1-9H2;1,4,10-11H,2-3,5-9H2;2-5,7H,6H2,1H3;7-10H,1-6H2;9-10H,1-8H2;1-2,5-6H,3-4,7-8H2;8-10H,1-7H2;3,5,7H,1-2,4,6H2;2*6-7H,1-5H2;5*1-2H3. The summed E-state index contributed by atoms with van der Waals surface area (Å²) in [5, 5.41) is 3.62. The predicted octanol–water partition coefficient (Wildman–Crippen LogP) is 35.7. The molecule has 2 heterocycles. The van der Waals surface area contributed by atoms with Gasteiger partial charge in [0.15, 0.2) is 5.78 Å². The predicted molar refractivity (Wildman–Crippen MR) is 530 cm³/mol. The lowest BCUT2D eigenvalue weighted by molar-refractivity contribution is 0.0198. The van der Waals surface area contributed by atoms with Crippen LogP contribution in [0.1, 0.15) is 472 Å². The van der Waals surface area contributed by atoms with Crippen LogP contribution in [0.5, 0.6) is 0 Å². The molecule has 0 amide bonds. The Morgan fingerprint density at radius 1 is 0.298 bits per heavy atom. The number of Topliss-reactive ketones (excluding diaryl/α,β-unsaturated/α-hetero) is 1. The van der Waals surface area contributed by atoms with Crippen LogP contribution in [0, 0.1) is 88.8 Å². The minimum Gasteiger partial charge on any atom is -0.314 e. The topological polar surface area (TPSA) is 42.0 Å². The highest BCUT2D eigenvalue weighted by Gasteiger charge is 2.42. The SMILES string of the molecule is C1=CC2CCCC(C1)CCC2.C1C2CC3CC1CC(C2)C3.C1CC2CC(C1)C2.C1CC2CCC1C2.C1CC2CCCC(C1)CCC2.C1CCC2CCCCC2C1.C1CCC2NCCCC2C1.CC.CC.CC.CC.CC.CC1CC(=O)c2ccccc21.CC1c2ccccc2-c2ccccc21.c1ccc2c(c1)CCCC2.c1cnc2c(c1)CCCC2. The number of fused-ring (bicyclic) bond motifs is 23. The summed E-state index contributed by atoms with van der Waals surface area (Å²) in [5.41, 5.74) is 13.9. The Balaban J connectivity index is 0.000000150. The van der Waals surface area contributed by atoms with Gasteiger partial charge in [0, 0.05) is 35.8 Å². The Kier molecular flexibility index (Phi) is 48.0. The van der Waals surface area contributed by atoms with Crippen LogP contribution >= 0.6 is 0 Å². The second-order valence-corrected chi connectivity index (χ2v) is 40.5. The summed E-state index contributed by atoms with van der Waals surface area (Å²) >= 11 is 0. The van der Waals surface area contributed by atoms with Crippen molar-refractivity contribution in [1.29, 1.82) is 0 Å². The van der Waals surface area contributed by atoms with Crippen molar-refractivity contribution >= 4 is 5.78 Å². The van der Waals surface area contributed by atoms with E-state index in [1.807, 2.05) is 106 Å². The van der Waals surface area contributed by atoms with E-state index >= 15 is 0 Å². The van der Waals surface area contributed by atoms with Gasteiger partial charge in [0.1, 0.15) is 0 Å². The molecule has 0 spiro atoms. The summed E-state index contributed by atoms with van der Waals surface area (Å²) in [6.07, 6.45) is 88.6. The monoisotopic (exact) mass is 1650 g/mol. The molecule has 121 heavy (non-hydrogen) atoms. The zero-order valence-electron chi connectivity index (χ0n) is 81.0. The molecule has 3 atom stereocenters. The maximum absolute atomic E-state index is 11.3. The quantitative estimate of drug-likeness (QED) is 0.157. The fraction of sp³-hybridized carbons (Fsp3) is 0.729. The average Bonchev–Trinajstić information content (AvgIpc) is 1.58. The van der Waals surface area contributed by atoms with Crippen LogP contribution in [-0.2, 0) is 25.7 Å². The number of carbonyl (C=O) groups is 1. The molecule has 17 fully saturated rings. The minimum absolute atomic E-state index is 0.299. The maximum atomic E-state index is 11.3. The number of hydrogen-bond acceptors (Lipinski definition) is 3. The van der Waals surface area contributed by atoms with Crippen LogP contribution in [0.3, 0.4) is 0 Å². The van der Waals surface area contributed by atoms with E-state index in [1.54, 1.807) is 172 Å². The van der Waals surface area contributed by atoms with Gasteiger partial charge in [-0.25, -0.2) is 0 Å². The van der Waals surface area contributed by atoms with E-state index in [0.717, 1.165) is 53.0 Å². The van der Waals surface area contributed by atoms with Crippen molar-refractivity contribution in [3.8, 4) is 11.1 Å². The van der Waals surface area contributed by atoms with E-state index in [9.17, 15) is 4.79 Å². The van der Waals surface area contributed by atoms with Crippen LogP contribution in [0.25, 0.3) is 11.1 Å². The van der Waals surface area contributed by atoms with Crippen molar-refractivity contribution in [2.45, 2.75) is 454 Å².